The molecule has 0 aliphatic carbocycles. The van der Waals surface area contributed by atoms with Gasteiger partial charge in [-0.15, -0.1) is 0 Å². The molecule has 7 rings (SSSR count). The summed E-state index contributed by atoms with van der Waals surface area (Å²) >= 11 is 3.35. The summed E-state index contributed by atoms with van der Waals surface area (Å²) in [5, 5.41) is 4.29. The van der Waals surface area contributed by atoms with Gasteiger partial charge in [-0.25, -0.2) is 27.8 Å². The van der Waals surface area contributed by atoms with E-state index in [0.29, 0.717) is 16.9 Å². The topological polar surface area (TPSA) is 89.6 Å². The highest BCUT2D eigenvalue weighted by Crippen LogP contribution is 2.37. The molecule has 3 aliphatic heterocycles. The molecule has 268 valence electrons. The van der Waals surface area contributed by atoms with Gasteiger partial charge in [0.1, 0.15) is 41.0 Å². The molecule has 14 heteroatoms. The lowest BCUT2D eigenvalue weighted by Gasteiger charge is -2.37. The first kappa shape index (κ1) is 34.9. The van der Waals surface area contributed by atoms with Crippen molar-refractivity contribution in [3.63, 3.8) is 0 Å². The third kappa shape index (κ3) is 7.58. The minimum Gasteiger partial charge on any atom is -0.491 e. The van der Waals surface area contributed by atoms with Crippen LogP contribution in [0.3, 0.4) is 0 Å². The Hall–Kier alpha value is -4.53. The van der Waals surface area contributed by atoms with Crippen LogP contribution < -0.4 is 20.2 Å². The zero-order valence-electron chi connectivity index (χ0n) is 28.5. The van der Waals surface area contributed by atoms with Gasteiger partial charge in [-0.05, 0) is 96.0 Å². The first-order valence-electron chi connectivity index (χ1n) is 17.1. The first-order valence-corrected chi connectivity index (χ1v) is 17.9. The lowest BCUT2D eigenvalue weighted by Crippen LogP contribution is -2.46. The number of aliphatic imine (C=N–C) groups is 1. The molecule has 0 N–H and O–H groups in total. The van der Waals surface area contributed by atoms with Gasteiger partial charge in [0.05, 0.1) is 31.2 Å². The molecule has 0 radical (unpaired) electrons. The molecule has 3 atom stereocenters. The molecule has 3 unspecified atom stereocenters. The maximum atomic E-state index is 15.0. The van der Waals surface area contributed by atoms with Gasteiger partial charge in [0.15, 0.2) is 0 Å². The van der Waals surface area contributed by atoms with E-state index in [0.717, 1.165) is 55.7 Å². The summed E-state index contributed by atoms with van der Waals surface area (Å²) in [4.78, 5) is 23.6. The molecular weight excluding hydrogens is 724 g/mol. The van der Waals surface area contributed by atoms with Crippen LogP contribution >= 0.6 is 15.9 Å². The van der Waals surface area contributed by atoms with Crippen molar-refractivity contribution >= 4 is 33.6 Å². The predicted octanol–water partition coefficient (Wildman–Crippen LogP) is 5.84. The van der Waals surface area contributed by atoms with Gasteiger partial charge in [-0.3, -0.25) is 0 Å². The Bertz CT molecular complexity index is 1940. The average Bonchev–Trinajstić information content (AvgIpc) is 3.75. The van der Waals surface area contributed by atoms with E-state index in [-0.39, 0.29) is 37.1 Å². The first-order chi connectivity index (χ1) is 24.7. The number of aromatic nitrogens is 3. The second kappa shape index (κ2) is 15.0. The third-order valence-corrected chi connectivity index (χ3v) is 10.1. The highest BCUT2D eigenvalue weighted by molar-refractivity contribution is 9.11. The van der Waals surface area contributed by atoms with Gasteiger partial charge >= 0.3 is 5.69 Å². The van der Waals surface area contributed by atoms with Crippen LogP contribution in [0.5, 0.6) is 5.75 Å². The largest absolute Gasteiger partial charge is 0.491 e. The van der Waals surface area contributed by atoms with E-state index >= 15 is 4.39 Å². The lowest BCUT2D eigenvalue weighted by atomic mass is 10.0. The monoisotopic (exact) mass is 763 g/mol. The van der Waals surface area contributed by atoms with Crippen LogP contribution in [0.15, 0.2) is 93.5 Å². The van der Waals surface area contributed by atoms with Crippen LogP contribution in [0, 0.1) is 11.6 Å². The van der Waals surface area contributed by atoms with E-state index in [1.54, 1.807) is 17.2 Å². The molecule has 0 amide bonds. The fourth-order valence-corrected chi connectivity index (χ4v) is 6.75. The quantitative estimate of drug-likeness (QED) is 0.176. The van der Waals surface area contributed by atoms with E-state index in [4.69, 9.17) is 14.2 Å². The van der Waals surface area contributed by atoms with Gasteiger partial charge in [0.25, 0.3) is 0 Å². The number of anilines is 2. The average molecular weight is 765 g/mol. The normalized spacial score (nSPS) is 21.2. The number of hydrogen-bond acceptors (Lipinski definition) is 9. The Kier molecular flexibility index (Phi) is 10.3. The fraction of sp³-hybridized carbons (Fsp3) is 0.378. The molecule has 4 heterocycles. The number of ether oxygens (including phenoxy) is 3. The molecular formula is C37H40BrF2N7O4. The van der Waals surface area contributed by atoms with Crippen molar-refractivity contribution in [3.8, 4) is 11.4 Å². The van der Waals surface area contributed by atoms with Gasteiger partial charge in [0, 0.05) is 55.7 Å². The molecule has 2 saturated heterocycles. The van der Waals surface area contributed by atoms with Crippen LogP contribution in [0.25, 0.3) is 5.69 Å². The second-order valence-electron chi connectivity index (χ2n) is 12.9. The van der Waals surface area contributed by atoms with Gasteiger partial charge in [-0.1, -0.05) is 6.92 Å². The zero-order chi connectivity index (χ0) is 35.5. The van der Waals surface area contributed by atoms with E-state index in [9.17, 15) is 9.18 Å². The fourth-order valence-electron chi connectivity index (χ4n) is 6.51. The molecule has 2 fully saturated rings. The van der Waals surface area contributed by atoms with Gasteiger partial charge in [-0.2, -0.15) is 5.10 Å². The lowest BCUT2D eigenvalue weighted by molar-refractivity contribution is -0.186. The summed E-state index contributed by atoms with van der Waals surface area (Å²) in [5.41, 5.74) is 3.00. The SMILES string of the molecule is CCC(C)n1ncn(-c2ccc(N3CCN(c4ccc(OCC5COC(CN6C=NC(Br)=CC6)(c6ccc(F)cc6F)O5)cc4)CC3)cc2)c1=O. The van der Waals surface area contributed by atoms with Crippen LogP contribution in [-0.4, -0.2) is 84.2 Å². The number of piperazine rings is 1. The van der Waals surface area contributed by atoms with Crippen LogP contribution in [-0.2, 0) is 15.3 Å². The van der Waals surface area contributed by atoms with Crippen molar-refractivity contribution in [2.75, 3.05) is 62.3 Å². The van der Waals surface area contributed by atoms with Crippen LogP contribution in [0.1, 0.15) is 31.9 Å². The van der Waals surface area contributed by atoms with Crippen LogP contribution in [0.2, 0.25) is 0 Å². The Morgan fingerprint density at radius 2 is 1.65 bits per heavy atom. The summed E-state index contributed by atoms with van der Waals surface area (Å²) in [5.74, 6) is -2.19. The molecule has 3 aromatic carbocycles. The minimum absolute atomic E-state index is 0.0521. The van der Waals surface area contributed by atoms with E-state index in [1.807, 2.05) is 61.2 Å². The van der Waals surface area contributed by atoms with Crippen molar-refractivity contribution in [1.82, 2.24) is 19.2 Å². The minimum atomic E-state index is -1.46. The molecule has 4 aromatic rings. The number of nitrogens with zero attached hydrogens (tertiary/aromatic N) is 7. The molecule has 0 spiro atoms. The Morgan fingerprint density at radius 3 is 2.27 bits per heavy atom. The van der Waals surface area contributed by atoms with E-state index < -0.39 is 23.5 Å². The molecule has 0 bridgehead atoms. The molecule has 3 aliphatic rings. The van der Waals surface area contributed by atoms with Crippen molar-refractivity contribution < 1.29 is 23.0 Å². The van der Waals surface area contributed by atoms with E-state index in [1.165, 1.54) is 16.8 Å². The molecule has 11 nitrogen and oxygen atoms in total. The van der Waals surface area contributed by atoms with Crippen molar-refractivity contribution in [2.24, 2.45) is 4.99 Å². The predicted molar refractivity (Wildman–Crippen MR) is 195 cm³/mol. The summed E-state index contributed by atoms with van der Waals surface area (Å²) in [6.45, 7) is 8.50. The Morgan fingerprint density at radius 1 is 0.980 bits per heavy atom. The van der Waals surface area contributed by atoms with E-state index in [2.05, 4.69) is 48.0 Å². The van der Waals surface area contributed by atoms with Crippen molar-refractivity contribution in [3.05, 3.63) is 111 Å². The zero-order valence-corrected chi connectivity index (χ0v) is 30.1. The van der Waals surface area contributed by atoms with Crippen molar-refractivity contribution in [2.45, 2.75) is 38.2 Å². The van der Waals surface area contributed by atoms with Crippen LogP contribution in [0.4, 0.5) is 20.2 Å². The number of benzene rings is 3. The highest BCUT2D eigenvalue weighted by Gasteiger charge is 2.46. The van der Waals surface area contributed by atoms with Crippen molar-refractivity contribution in [1.29, 1.82) is 0 Å². The Balaban J connectivity index is 0.925. The smallest absolute Gasteiger partial charge is 0.350 e. The number of hydrogen-bond donors (Lipinski definition) is 0. The summed E-state index contributed by atoms with van der Waals surface area (Å²) in [6.07, 6.45) is 5.46. The second-order valence-corrected chi connectivity index (χ2v) is 13.7. The number of halogens is 3. The standard InChI is InChI=1S/C37H40BrF2N7O4/c1-3-26(2)47-36(48)46(25-42-47)30-7-5-28(6-8-30)44-16-18-45(19-17-44)29-9-11-31(12-10-29)49-21-32-22-50-37(51-32,23-43-15-14-35(38)41-24-43)33-13-4-27(39)20-34(33)40/h4-14,20,24-26,32H,3,15-19,21-23H2,1-2H3. The third-order valence-electron chi connectivity index (χ3n) is 9.56. The number of rotatable bonds is 11. The maximum absolute atomic E-state index is 15.0. The molecule has 51 heavy (non-hydrogen) atoms. The highest BCUT2D eigenvalue weighted by atomic mass is 79.9. The summed E-state index contributed by atoms with van der Waals surface area (Å²) in [7, 11) is 0. The summed E-state index contributed by atoms with van der Waals surface area (Å²) in [6, 6.07) is 19.5. The molecule has 1 aromatic heterocycles. The Labute approximate surface area is 303 Å². The maximum Gasteiger partial charge on any atom is 0.350 e. The van der Waals surface area contributed by atoms with Gasteiger partial charge in [0.2, 0.25) is 5.79 Å². The van der Waals surface area contributed by atoms with Gasteiger partial charge < -0.3 is 28.9 Å². The summed E-state index contributed by atoms with van der Waals surface area (Å²) < 4.78 is 51.2. The molecule has 0 saturated carbocycles.